The molecule has 0 bridgehead atoms. The van der Waals surface area contributed by atoms with E-state index in [1.807, 2.05) is 48.7 Å². The molecule has 1 aliphatic carbocycles. The Labute approximate surface area is 168 Å². The zero-order valence-electron chi connectivity index (χ0n) is 15.7. The molecule has 0 atom stereocenters. The second-order valence-electron chi connectivity index (χ2n) is 6.87. The lowest BCUT2D eigenvalue weighted by Gasteiger charge is -2.08. The Bertz CT molecular complexity index is 966. The molecule has 28 heavy (non-hydrogen) atoms. The largest absolute Gasteiger partial charge is 0.482 e. The third-order valence-corrected chi connectivity index (χ3v) is 5.47. The van der Waals surface area contributed by atoms with Gasteiger partial charge in [-0.3, -0.25) is 0 Å². The van der Waals surface area contributed by atoms with Crippen LogP contribution in [0, 0.1) is 6.92 Å². The topological polar surface area (TPSA) is 60.5 Å². The van der Waals surface area contributed by atoms with Crippen LogP contribution in [0.5, 0.6) is 5.75 Å². The van der Waals surface area contributed by atoms with Crippen molar-refractivity contribution in [1.82, 2.24) is 4.98 Å². The highest BCUT2D eigenvalue weighted by atomic mass is 32.1. The molecule has 3 aromatic rings. The smallest absolute Gasteiger partial charge is 0.344 e. The van der Waals surface area contributed by atoms with Crippen molar-refractivity contribution in [3.63, 3.8) is 0 Å². The fourth-order valence-electron chi connectivity index (χ4n) is 3.17. The average Bonchev–Trinajstić information content (AvgIpc) is 3.35. The fraction of sp³-hybridized carbons (Fsp3) is 0.273. The maximum atomic E-state index is 12.0. The third kappa shape index (κ3) is 4.70. The summed E-state index contributed by atoms with van der Waals surface area (Å²) < 4.78 is 10.8. The molecule has 0 amide bonds. The maximum Gasteiger partial charge on any atom is 0.344 e. The van der Waals surface area contributed by atoms with Crippen molar-refractivity contribution < 1.29 is 14.3 Å². The van der Waals surface area contributed by atoms with Gasteiger partial charge in [-0.15, -0.1) is 11.3 Å². The lowest BCUT2D eigenvalue weighted by atomic mass is 10.1. The summed E-state index contributed by atoms with van der Waals surface area (Å²) in [7, 11) is 0. The van der Waals surface area contributed by atoms with Crippen molar-refractivity contribution >= 4 is 28.1 Å². The first-order chi connectivity index (χ1) is 13.7. The summed E-state index contributed by atoms with van der Waals surface area (Å²) in [6.45, 7) is 2.09. The number of hydrogen-bond donors (Lipinski definition) is 1. The van der Waals surface area contributed by atoms with Gasteiger partial charge >= 0.3 is 5.97 Å². The van der Waals surface area contributed by atoms with Gasteiger partial charge < -0.3 is 14.8 Å². The Kier molecular flexibility index (Phi) is 5.58. The van der Waals surface area contributed by atoms with Gasteiger partial charge in [0.25, 0.3) is 0 Å². The van der Waals surface area contributed by atoms with Crippen LogP contribution in [-0.4, -0.2) is 17.6 Å². The normalized spacial score (nSPS) is 12.5. The molecule has 144 valence electrons. The maximum absolute atomic E-state index is 12.0. The minimum absolute atomic E-state index is 0.0998. The van der Waals surface area contributed by atoms with Crippen LogP contribution in [0.4, 0.5) is 10.8 Å². The number of carbonyl (C=O) groups is 1. The number of anilines is 2. The monoisotopic (exact) mass is 394 g/mol. The van der Waals surface area contributed by atoms with Crippen LogP contribution >= 0.6 is 11.3 Å². The molecular formula is C22H22N2O3S. The molecule has 4 rings (SSSR count). The van der Waals surface area contributed by atoms with Crippen LogP contribution in [0.1, 0.15) is 28.8 Å². The number of hydrogen-bond acceptors (Lipinski definition) is 6. The number of esters is 1. The van der Waals surface area contributed by atoms with Crippen LogP contribution in [0.25, 0.3) is 0 Å². The highest BCUT2D eigenvalue weighted by molar-refractivity contribution is 7.13. The number of fused-ring (bicyclic) bond motifs is 1. The van der Waals surface area contributed by atoms with E-state index in [9.17, 15) is 4.79 Å². The molecule has 0 aliphatic heterocycles. The van der Waals surface area contributed by atoms with Crippen molar-refractivity contribution in [3.8, 4) is 5.75 Å². The molecule has 0 saturated heterocycles. The summed E-state index contributed by atoms with van der Waals surface area (Å²) in [5, 5.41) is 5.90. The van der Waals surface area contributed by atoms with E-state index in [1.54, 1.807) is 0 Å². The van der Waals surface area contributed by atoms with Crippen LogP contribution in [0.15, 0.2) is 47.8 Å². The zero-order valence-corrected chi connectivity index (χ0v) is 16.6. The van der Waals surface area contributed by atoms with Crippen molar-refractivity contribution in [2.45, 2.75) is 32.8 Å². The molecule has 2 aromatic carbocycles. The van der Waals surface area contributed by atoms with E-state index >= 15 is 0 Å². The van der Waals surface area contributed by atoms with Crippen LogP contribution in [0.2, 0.25) is 0 Å². The quantitative estimate of drug-likeness (QED) is 0.583. The number of nitrogens with zero attached hydrogens (tertiary/aromatic N) is 1. The van der Waals surface area contributed by atoms with Crippen LogP contribution in [-0.2, 0) is 29.0 Å². The summed E-state index contributed by atoms with van der Waals surface area (Å²) in [6, 6.07) is 14.1. The standard InChI is InChI=1S/C22H22N2O3S/c1-15-5-8-18(9-6-15)23-22-24-19(14-28-22)12-27-21(25)13-26-20-10-7-16-3-2-4-17(16)11-20/h5-11,14H,2-4,12-13H2,1H3,(H,23,24). The van der Waals surface area contributed by atoms with E-state index < -0.39 is 5.97 Å². The summed E-state index contributed by atoms with van der Waals surface area (Å²) in [4.78, 5) is 16.4. The highest BCUT2D eigenvalue weighted by Gasteiger charge is 2.12. The molecule has 1 heterocycles. The molecule has 1 aliphatic rings. The Hall–Kier alpha value is -2.86. The predicted octanol–water partition coefficient (Wildman–Crippen LogP) is 4.81. The molecule has 5 nitrogen and oxygen atoms in total. The van der Waals surface area contributed by atoms with Gasteiger partial charge in [-0.1, -0.05) is 23.8 Å². The van der Waals surface area contributed by atoms with Crippen molar-refractivity contribution in [3.05, 3.63) is 70.2 Å². The number of carbonyl (C=O) groups excluding carboxylic acids is 1. The molecule has 1 aromatic heterocycles. The molecule has 0 unspecified atom stereocenters. The predicted molar refractivity (Wildman–Crippen MR) is 110 cm³/mol. The first-order valence-electron chi connectivity index (χ1n) is 9.34. The highest BCUT2D eigenvalue weighted by Crippen LogP contribution is 2.26. The number of rotatable bonds is 7. The molecule has 0 spiro atoms. The fourth-order valence-corrected chi connectivity index (χ4v) is 3.88. The van der Waals surface area contributed by atoms with E-state index in [0.29, 0.717) is 5.69 Å². The minimum Gasteiger partial charge on any atom is -0.482 e. The first kappa shape index (κ1) is 18.5. The van der Waals surface area contributed by atoms with Gasteiger partial charge in [-0.05, 0) is 61.6 Å². The summed E-state index contributed by atoms with van der Waals surface area (Å²) in [6.07, 6.45) is 3.40. The van der Waals surface area contributed by atoms with Crippen LogP contribution in [0.3, 0.4) is 0 Å². The summed E-state index contributed by atoms with van der Waals surface area (Å²) in [5.41, 5.74) is 5.60. The number of aryl methyl sites for hydroxylation is 3. The number of ether oxygens (including phenoxy) is 2. The van der Waals surface area contributed by atoms with Gasteiger partial charge in [-0.25, -0.2) is 9.78 Å². The second-order valence-corrected chi connectivity index (χ2v) is 7.73. The molecule has 0 fully saturated rings. The lowest BCUT2D eigenvalue weighted by molar-refractivity contribution is -0.147. The van der Waals surface area contributed by atoms with Gasteiger partial charge in [0.2, 0.25) is 0 Å². The van der Waals surface area contributed by atoms with Crippen LogP contribution < -0.4 is 10.1 Å². The van der Waals surface area contributed by atoms with E-state index in [4.69, 9.17) is 9.47 Å². The molecule has 1 N–H and O–H groups in total. The molecule has 0 radical (unpaired) electrons. The Balaban J connectivity index is 1.23. The summed E-state index contributed by atoms with van der Waals surface area (Å²) in [5.74, 6) is 0.317. The molecule has 0 saturated carbocycles. The van der Waals surface area contributed by atoms with Crippen molar-refractivity contribution in [2.24, 2.45) is 0 Å². The van der Waals surface area contributed by atoms with Crippen molar-refractivity contribution in [2.75, 3.05) is 11.9 Å². The average molecular weight is 394 g/mol. The van der Waals surface area contributed by atoms with E-state index in [1.165, 1.54) is 34.4 Å². The van der Waals surface area contributed by atoms with Gasteiger partial charge in [0.05, 0.1) is 5.69 Å². The molecule has 6 heteroatoms. The number of thiazole rings is 1. The van der Waals surface area contributed by atoms with E-state index in [2.05, 4.69) is 16.4 Å². The number of benzene rings is 2. The van der Waals surface area contributed by atoms with E-state index in [0.717, 1.165) is 29.4 Å². The lowest BCUT2D eigenvalue weighted by Crippen LogP contribution is -2.15. The van der Waals surface area contributed by atoms with Gasteiger partial charge in [-0.2, -0.15) is 0 Å². The summed E-state index contributed by atoms with van der Waals surface area (Å²) >= 11 is 1.48. The third-order valence-electron chi connectivity index (χ3n) is 4.66. The van der Waals surface area contributed by atoms with Crippen molar-refractivity contribution in [1.29, 1.82) is 0 Å². The molecular weight excluding hydrogens is 372 g/mol. The SMILES string of the molecule is Cc1ccc(Nc2nc(COC(=O)COc3ccc4c(c3)CCC4)cs2)cc1. The second kappa shape index (κ2) is 8.44. The number of aromatic nitrogens is 1. The Morgan fingerprint density at radius 3 is 2.82 bits per heavy atom. The van der Waals surface area contributed by atoms with Gasteiger partial charge in [0, 0.05) is 11.1 Å². The first-order valence-corrected chi connectivity index (χ1v) is 10.2. The number of nitrogens with one attached hydrogen (secondary N) is 1. The Morgan fingerprint density at radius 1 is 1.14 bits per heavy atom. The van der Waals surface area contributed by atoms with E-state index in [-0.39, 0.29) is 13.2 Å². The Morgan fingerprint density at radius 2 is 1.96 bits per heavy atom. The van der Waals surface area contributed by atoms with Gasteiger partial charge in [0.15, 0.2) is 11.7 Å². The van der Waals surface area contributed by atoms with Gasteiger partial charge in [0.1, 0.15) is 12.4 Å². The minimum atomic E-state index is -0.401. The zero-order chi connectivity index (χ0) is 19.3.